The number of hydrogen-bond acceptors (Lipinski definition) is 3. The molecule has 1 aliphatic carbocycles. The third-order valence-corrected chi connectivity index (χ3v) is 4.80. The van der Waals surface area contributed by atoms with Gasteiger partial charge in [-0.1, -0.05) is 18.6 Å². The highest BCUT2D eigenvalue weighted by atomic mass is 16.2. The van der Waals surface area contributed by atoms with E-state index in [2.05, 4.69) is 5.32 Å². The van der Waals surface area contributed by atoms with Crippen molar-refractivity contribution >= 4 is 11.8 Å². The fourth-order valence-corrected chi connectivity index (χ4v) is 3.26. The Morgan fingerprint density at radius 2 is 1.83 bits per heavy atom. The molecule has 0 radical (unpaired) electrons. The molecule has 132 valence electrons. The first kappa shape index (κ1) is 18.5. The normalized spacial score (nSPS) is 20.5. The molecule has 3 N–H and O–H groups in total. The van der Waals surface area contributed by atoms with E-state index in [0.717, 1.165) is 31.2 Å². The maximum atomic E-state index is 12.3. The molecule has 1 aromatic rings. The standard InChI is InChI=1S/C19H29N3O2/c1-3-22(4-2)19(24)15-10-8-14(9-11-15)13-21-18(23)16-6-5-7-17(20)12-16/h8-11,16-17H,3-7,12-13,20H2,1-2H3,(H,21,23). The van der Waals surface area contributed by atoms with Crippen molar-refractivity contribution in [3.05, 3.63) is 35.4 Å². The molecular formula is C19H29N3O2. The minimum absolute atomic E-state index is 0.0391. The minimum atomic E-state index is 0.0391. The van der Waals surface area contributed by atoms with Crippen LogP contribution in [0.25, 0.3) is 0 Å². The Morgan fingerprint density at radius 3 is 2.42 bits per heavy atom. The molecule has 0 bridgehead atoms. The fourth-order valence-electron chi connectivity index (χ4n) is 3.26. The summed E-state index contributed by atoms with van der Waals surface area (Å²) in [6.45, 7) is 5.85. The zero-order valence-corrected chi connectivity index (χ0v) is 14.8. The molecule has 2 amide bonds. The van der Waals surface area contributed by atoms with Crippen molar-refractivity contribution in [2.75, 3.05) is 13.1 Å². The molecule has 1 saturated carbocycles. The summed E-state index contributed by atoms with van der Waals surface area (Å²) < 4.78 is 0. The van der Waals surface area contributed by atoms with Gasteiger partial charge in [-0.15, -0.1) is 0 Å². The van der Waals surface area contributed by atoms with E-state index < -0.39 is 0 Å². The summed E-state index contributed by atoms with van der Waals surface area (Å²) in [5, 5.41) is 2.99. The average molecular weight is 331 g/mol. The Bertz CT molecular complexity index is 552. The van der Waals surface area contributed by atoms with Crippen molar-refractivity contribution < 1.29 is 9.59 Å². The molecule has 5 heteroatoms. The molecule has 5 nitrogen and oxygen atoms in total. The van der Waals surface area contributed by atoms with Crippen molar-refractivity contribution in [2.24, 2.45) is 11.7 Å². The molecule has 0 aliphatic heterocycles. The SMILES string of the molecule is CCN(CC)C(=O)c1ccc(CNC(=O)C2CCCC(N)C2)cc1. The third kappa shape index (κ3) is 4.81. The van der Waals surface area contributed by atoms with E-state index in [1.54, 1.807) is 4.90 Å². The molecule has 1 aromatic carbocycles. The van der Waals surface area contributed by atoms with Gasteiger partial charge in [-0.3, -0.25) is 9.59 Å². The Kier molecular flexibility index (Phi) is 6.79. The third-order valence-electron chi connectivity index (χ3n) is 4.80. The van der Waals surface area contributed by atoms with Crippen LogP contribution in [0, 0.1) is 5.92 Å². The van der Waals surface area contributed by atoms with Crippen LogP contribution in [0.3, 0.4) is 0 Å². The van der Waals surface area contributed by atoms with Gasteiger partial charge in [0.2, 0.25) is 5.91 Å². The van der Waals surface area contributed by atoms with Gasteiger partial charge in [0.1, 0.15) is 0 Å². The van der Waals surface area contributed by atoms with Crippen LogP contribution in [0.4, 0.5) is 0 Å². The van der Waals surface area contributed by atoms with Crippen LogP contribution in [0.1, 0.15) is 55.5 Å². The number of nitrogens with two attached hydrogens (primary N) is 1. The monoisotopic (exact) mass is 331 g/mol. The van der Waals surface area contributed by atoms with Crippen LogP contribution in [0.5, 0.6) is 0 Å². The van der Waals surface area contributed by atoms with Crippen LogP contribution < -0.4 is 11.1 Å². The molecule has 1 aliphatic rings. The van der Waals surface area contributed by atoms with E-state index in [4.69, 9.17) is 5.73 Å². The van der Waals surface area contributed by atoms with Crippen molar-refractivity contribution in [1.29, 1.82) is 0 Å². The lowest BCUT2D eigenvalue weighted by Gasteiger charge is -2.25. The summed E-state index contributed by atoms with van der Waals surface area (Å²) in [6, 6.07) is 7.63. The number of carbonyl (C=O) groups excluding carboxylic acids is 2. The van der Waals surface area contributed by atoms with Gasteiger partial charge >= 0.3 is 0 Å². The summed E-state index contributed by atoms with van der Waals surface area (Å²) >= 11 is 0. The maximum Gasteiger partial charge on any atom is 0.253 e. The van der Waals surface area contributed by atoms with Gasteiger partial charge in [0, 0.05) is 37.2 Å². The van der Waals surface area contributed by atoms with Gasteiger partial charge in [-0.2, -0.15) is 0 Å². The van der Waals surface area contributed by atoms with E-state index in [9.17, 15) is 9.59 Å². The van der Waals surface area contributed by atoms with Crippen LogP contribution in [0.15, 0.2) is 24.3 Å². The van der Waals surface area contributed by atoms with E-state index in [1.165, 1.54) is 0 Å². The second-order valence-electron chi connectivity index (χ2n) is 6.52. The maximum absolute atomic E-state index is 12.3. The lowest BCUT2D eigenvalue weighted by molar-refractivity contribution is -0.126. The van der Waals surface area contributed by atoms with Gasteiger partial charge in [0.15, 0.2) is 0 Å². The zero-order chi connectivity index (χ0) is 17.5. The van der Waals surface area contributed by atoms with Crippen molar-refractivity contribution in [1.82, 2.24) is 10.2 Å². The molecule has 0 heterocycles. The van der Waals surface area contributed by atoms with Crippen molar-refractivity contribution in [2.45, 2.75) is 52.1 Å². The molecule has 1 fully saturated rings. The van der Waals surface area contributed by atoms with E-state index in [1.807, 2.05) is 38.1 Å². The molecular weight excluding hydrogens is 302 g/mol. The first-order chi connectivity index (χ1) is 11.5. The molecule has 24 heavy (non-hydrogen) atoms. The number of carbonyl (C=O) groups is 2. The Hall–Kier alpha value is -1.88. The Labute approximate surface area is 144 Å². The topological polar surface area (TPSA) is 75.4 Å². The van der Waals surface area contributed by atoms with Crippen LogP contribution in [0.2, 0.25) is 0 Å². The average Bonchev–Trinajstić information content (AvgIpc) is 2.61. The minimum Gasteiger partial charge on any atom is -0.352 e. The Balaban J connectivity index is 1.87. The van der Waals surface area contributed by atoms with Gasteiger partial charge < -0.3 is 16.0 Å². The first-order valence-corrected chi connectivity index (χ1v) is 8.96. The Morgan fingerprint density at radius 1 is 1.17 bits per heavy atom. The summed E-state index contributed by atoms with van der Waals surface area (Å²) in [6.07, 6.45) is 3.76. The highest BCUT2D eigenvalue weighted by molar-refractivity contribution is 5.94. The highest BCUT2D eigenvalue weighted by Gasteiger charge is 2.24. The largest absolute Gasteiger partial charge is 0.352 e. The summed E-state index contributed by atoms with van der Waals surface area (Å²) in [5.74, 6) is 0.178. The van der Waals surface area contributed by atoms with Gasteiger partial charge in [-0.25, -0.2) is 0 Å². The van der Waals surface area contributed by atoms with Gasteiger partial charge in [0.05, 0.1) is 0 Å². The first-order valence-electron chi connectivity index (χ1n) is 8.96. The van der Waals surface area contributed by atoms with Gasteiger partial charge in [0.25, 0.3) is 5.91 Å². The quantitative estimate of drug-likeness (QED) is 0.840. The number of rotatable bonds is 6. The number of benzene rings is 1. The lowest BCUT2D eigenvalue weighted by Crippen LogP contribution is -2.37. The molecule has 2 atom stereocenters. The molecule has 0 saturated heterocycles. The second-order valence-corrected chi connectivity index (χ2v) is 6.52. The second kappa shape index (κ2) is 8.83. The van der Waals surface area contributed by atoms with Gasteiger partial charge in [-0.05, 0) is 50.8 Å². The summed E-state index contributed by atoms with van der Waals surface area (Å²) in [4.78, 5) is 26.3. The number of hydrogen-bond donors (Lipinski definition) is 2. The predicted molar refractivity (Wildman–Crippen MR) is 95.5 cm³/mol. The molecule has 2 rings (SSSR count). The highest BCUT2D eigenvalue weighted by Crippen LogP contribution is 2.23. The van der Waals surface area contributed by atoms with Crippen molar-refractivity contribution in [3.63, 3.8) is 0 Å². The van der Waals surface area contributed by atoms with Crippen LogP contribution in [-0.2, 0) is 11.3 Å². The van der Waals surface area contributed by atoms with E-state index in [0.29, 0.717) is 25.2 Å². The predicted octanol–water partition coefficient (Wildman–Crippen LogP) is 2.30. The van der Waals surface area contributed by atoms with E-state index in [-0.39, 0.29) is 23.8 Å². The number of amides is 2. The van der Waals surface area contributed by atoms with Crippen LogP contribution >= 0.6 is 0 Å². The number of nitrogens with one attached hydrogen (secondary N) is 1. The van der Waals surface area contributed by atoms with Crippen molar-refractivity contribution in [3.8, 4) is 0 Å². The molecule has 0 spiro atoms. The lowest BCUT2D eigenvalue weighted by atomic mass is 9.85. The molecule has 0 aromatic heterocycles. The molecule has 2 unspecified atom stereocenters. The van der Waals surface area contributed by atoms with E-state index >= 15 is 0 Å². The smallest absolute Gasteiger partial charge is 0.253 e. The summed E-state index contributed by atoms with van der Waals surface area (Å²) in [5.41, 5.74) is 7.63. The van der Waals surface area contributed by atoms with Crippen LogP contribution in [-0.4, -0.2) is 35.8 Å². The fraction of sp³-hybridized carbons (Fsp3) is 0.579. The number of nitrogens with zero attached hydrogens (tertiary/aromatic N) is 1. The summed E-state index contributed by atoms with van der Waals surface area (Å²) in [7, 11) is 0. The zero-order valence-electron chi connectivity index (χ0n) is 14.8.